The number of aromatic amines is 1. The number of aromatic nitrogens is 2. The number of aryl methyl sites for hydroxylation is 1. The first kappa shape index (κ1) is 9.79. The quantitative estimate of drug-likeness (QED) is 0.695. The molecule has 0 radical (unpaired) electrons. The lowest BCUT2D eigenvalue weighted by Crippen LogP contribution is -1.76. The molecule has 4 heteroatoms. The summed E-state index contributed by atoms with van der Waals surface area (Å²) in [5.74, 6) is 0.497. The second kappa shape index (κ2) is 4.58. The Morgan fingerprint density at radius 1 is 1.70 bits per heavy atom. The number of alkyl halides is 1. The van der Waals surface area contributed by atoms with E-state index in [0.717, 1.165) is 17.8 Å². The Morgan fingerprint density at radius 3 is 2.70 bits per heavy atom. The smallest absolute Gasteiger partial charge is 0.0772 e. The van der Waals surface area contributed by atoms with Crippen LogP contribution >= 0.6 is 24.0 Å². The molecule has 0 aliphatic carbocycles. The molecule has 1 rings (SSSR count). The van der Waals surface area contributed by atoms with Gasteiger partial charge in [-0.1, -0.05) is 6.92 Å². The molecule has 0 fully saturated rings. The first-order valence-corrected chi connectivity index (χ1v) is 3.49. The summed E-state index contributed by atoms with van der Waals surface area (Å²) >= 11 is 5.51. The van der Waals surface area contributed by atoms with Crippen molar-refractivity contribution < 1.29 is 0 Å². The van der Waals surface area contributed by atoms with Crippen molar-refractivity contribution in [3.63, 3.8) is 0 Å². The molecule has 0 spiro atoms. The SMILES string of the molecule is CCc1cc(CCl)n[nH]1.Cl. The highest BCUT2D eigenvalue weighted by molar-refractivity contribution is 6.16. The van der Waals surface area contributed by atoms with Crippen molar-refractivity contribution >= 4 is 24.0 Å². The summed E-state index contributed by atoms with van der Waals surface area (Å²) in [5.41, 5.74) is 2.07. The van der Waals surface area contributed by atoms with Crippen LogP contribution in [0.1, 0.15) is 18.3 Å². The van der Waals surface area contributed by atoms with Crippen molar-refractivity contribution in [3.05, 3.63) is 17.5 Å². The van der Waals surface area contributed by atoms with Crippen molar-refractivity contribution in [1.82, 2.24) is 10.2 Å². The van der Waals surface area contributed by atoms with E-state index in [4.69, 9.17) is 11.6 Å². The van der Waals surface area contributed by atoms with Gasteiger partial charge in [0, 0.05) is 5.69 Å². The molecule has 1 aromatic rings. The predicted octanol–water partition coefficient (Wildman–Crippen LogP) is 2.13. The third kappa shape index (κ3) is 2.20. The fraction of sp³-hybridized carbons (Fsp3) is 0.500. The number of hydrogen-bond acceptors (Lipinski definition) is 1. The topological polar surface area (TPSA) is 28.7 Å². The molecule has 0 bridgehead atoms. The highest BCUT2D eigenvalue weighted by Crippen LogP contribution is 2.01. The first-order chi connectivity index (χ1) is 4.36. The molecule has 2 nitrogen and oxygen atoms in total. The fourth-order valence-electron chi connectivity index (χ4n) is 0.659. The molecule has 0 unspecified atom stereocenters. The maximum absolute atomic E-state index is 5.51. The summed E-state index contributed by atoms with van der Waals surface area (Å²) in [6.07, 6.45) is 0.990. The van der Waals surface area contributed by atoms with Gasteiger partial charge in [-0.2, -0.15) is 5.10 Å². The highest BCUT2D eigenvalue weighted by atomic mass is 35.5. The van der Waals surface area contributed by atoms with Gasteiger partial charge in [0.05, 0.1) is 11.6 Å². The van der Waals surface area contributed by atoms with Crippen LogP contribution in [0.25, 0.3) is 0 Å². The molecule has 10 heavy (non-hydrogen) atoms. The molecule has 0 saturated carbocycles. The van der Waals surface area contributed by atoms with E-state index in [9.17, 15) is 0 Å². The molecular weight excluding hydrogens is 171 g/mol. The zero-order chi connectivity index (χ0) is 6.69. The summed E-state index contributed by atoms with van der Waals surface area (Å²) in [7, 11) is 0. The summed E-state index contributed by atoms with van der Waals surface area (Å²) in [4.78, 5) is 0. The van der Waals surface area contributed by atoms with Crippen molar-refractivity contribution in [2.45, 2.75) is 19.2 Å². The van der Waals surface area contributed by atoms with Gasteiger partial charge in [-0.15, -0.1) is 24.0 Å². The van der Waals surface area contributed by atoms with Gasteiger partial charge < -0.3 is 0 Å². The second-order valence-corrected chi connectivity index (χ2v) is 2.14. The highest BCUT2D eigenvalue weighted by Gasteiger charge is 1.94. The predicted molar refractivity (Wildman–Crippen MR) is 44.8 cm³/mol. The van der Waals surface area contributed by atoms with E-state index in [1.807, 2.05) is 6.07 Å². The lowest BCUT2D eigenvalue weighted by molar-refractivity contribution is 0.959. The summed E-state index contributed by atoms with van der Waals surface area (Å²) in [5, 5.41) is 6.82. The van der Waals surface area contributed by atoms with Crippen LogP contribution in [-0.4, -0.2) is 10.2 Å². The molecule has 1 heterocycles. The van der Waals surface area contributed by atoms with Crippen LogP contribution < -0.4 is 0 Å². The molecule has 0 aliphatic rings. The number of H-pyrrole nitrogens is 1. The van der Waals surface area contributed by atoms with Crippen molar-refractivity contribution in [2.24, 2.45) is 0 Å². The average Bonchev–Trinajstić information content (AvgIpc) is 2.34. The van der Waals surface area contributed by atoms with Gasteiger partial charge in [0.2, 0.25) is 0 Å². The molecule has 0 saturated heterocycles. The minimum atomic E-state index is 0. The number of nitrogens with zero attached hydrogens (tertiary/aromatic N) is 1. The maximum atomic E-state index is 5.51. The van der Waals surface area contributed by atoms with Crippen LogP contribution in [0.5, 0.6) is 0 Å². The number of halogens is 2. The van der Waals surface area contributed by atoms with Crippen LogP contribution in [0.4, 0.5) is 0 Å². The summed E-state index contributed by atoms with van der Waals surface area (Å²) < 4.78 is 0. The van der Waals surface area contributed by atoms with E-state index < -0.39 is 0 Å². The van der Waals surface area contributed by atoms with Gasteiger partial charge >= 0.3 is 0 Å². The molecule has 0 atom stereocenters. The van der Waals surface area contributed by atoms with E-state index in [1.165, 1.54) is 0 Å². The Labute approximate surface area is 71.4 Å². The molecule has 1 aromatic heterocycles. The van der Waals surface area contributed by atoms with E-state index in [0.29, 0.717) is 5.88 Å². The number of rotatable bonds is 2. The monoisotopic (exact) mass is 180 g/mol. The standard InChI is InChI=1S/C6H9ClN2.ClH/c1-2-5-3-6(4-7)9-8-5;/h3H,2,4H2,1H3,(H,8,9);1H. The van der Waals surface area contributed by atoms with Crippen molar-refractivity contribution in [1.29, 1.82) is 0 Å². The lowest BCUT2D eigenvalue weighted by atomic mass is 10.3. The van der Waals surface area contributed by atoms with Crippen LogP contribution in [-0.2, 0) is 12.3 Å². The maximum Gasteiger partial charge on any atom is 0.0772 e. The minimum Gasteiger partial charge on any atom is -0.282 e. The van der Waals surface area contributed by atoms with Gasteiger partial charge in [0.1, 0.15) is 0 Å². The van der Waals surface area contributed by atoms with Crippen molar-refractivity contribution in [2.75, 3.05) is 0 Å². The van der Waals surface area contributed by atoms with E-state index in [1.54, 1.807) is 0 Å². The van der Waals surface area contributed by atoms with Gasteiger partial charge in [-0.05, 0) is 12.5 Å². The molecule has 0 amide bonds. The van der Waals surface area contributed by atoms with E-state index in [2.05, 4.69) is 17.1 Å². The second-order valence-electron chi connectivity index (χ2n) is 1.87. The lowest BCUT2D eigenvalue weighted by Gasteiger charge is -1.80. The van der Waals surface area contributed by atoms with Gasteiger partial charge in [-0.25, -0.2) is 0 Å². The van der Waals surface area contributed by atoms with Crippen LogP contribution in [0.2, 0.25) is 0 Å². The summed E-state index contributed by atoms with van der Waals surface area (Å²) in [6.45, 7) is 2.07. The van der Waals surface area contributed by atoms with Crippen LogP contribution in [0.3, 0.4) is 0 Å². The van der Waals surface area contributed by atoms with Gasteiger partial charge in [-0.3, -0.25) is 5.10 Å². The summed E-state index contributed by atoms with van der Waals surface area (Å²) in [6, 6.07) is 1.98. The van der Waals surface area contributed by atoms with Gasteiger partial charge in [0.15, 0.2) is 0 Å². The van der Waals surface area contributed by atoms with Gasteiger partial charge in [0.25, 0.3) is 0 Å². The van der Waals surface area contributed by atoms with Crippen molar-refractivity contribution in [3.8, 4) is 0 Å². The molecule has 0 aromatic carbocycles. The molecule has 0 aliphatic heterocycles. The molecule has 1 N–H and O–H groups in total. The van der Waals surface area contributed by atoms with Crippen LogP contribution in [0.15, 0.2) is 6.07 Å². The Morgan fingerprint density at radius 2 is 2.40 bits per heavy atom. The molecule has 58 valence electrons. The third-order valence-corrected chi connectivity index (χ3v) is 1.48. The Hall–Kier alpha value is -0.210. The average molecular weight is 181 g/mol. The zero-order valence-corrected chi connectivity index (χ0v) is 7.30. The number of nitrogens with one attached hydrogen (secondary N) is 1. The zero-order valence-electron chi connectivity index (χ0n) is 5.72. The van der Waals surface area contributed by atoms with Crippen LogP contribution in [0, 0.1) is 0 Å². The fourth-order valence-corrected chi connectivity index (χ4v) is 0.796. The number of hydrogen-bond donors (Lipinski definition) is 1. The Balaban J connectivity index is 0.000000810. The first-order valence-electron chi connectivity index (χ1n) is 2.96. The normalized spacial score (nSPS) is 9.00. The molecular formula is C6H10Cl2N2. The largest absolute Gasteiger partial charge is 0.282 e. The Kier molecular flexibility index (Phi) is 4.49. The van der Waals surface area contributed by atoms with E-state index in [-0.39, 0.29) is 12.4 Å². The van der Waals surface area contributed by atoms with E-state index >= 15 is 0 Å². The Bertz CT molecular complexity index is 167. The third-order valence-electron chi connectivity index (χ3n) is 1.20. The minimum absolute atomic E-state index is 0.